The number of halogens is 1. The van der Waals surface area contributed by atoms with E-state index in [1.807, 2.05) is 19.1 Å². The van der Waals surface area contributed by atoms with Crippen molar-refractivity contribution >= 4 is 28.5 Å². The second-order valence-corrected chi connectivity index (χ2v) is 7.62. The normalized spacial score (nSPS) is 16.3. The third kappa shape index (κ3) is 3.61. The first-order valence-corrected chi connectivity index (χ1v) is 10.0. The quantitative estimate of drug-likeness (QED) is 0.529. The van der Waals surface area contributed by atoms with Crippen molar-refractivity contribution in [2.45, 2.75) is 45.1 Å². The number of carbonyl (C=O) groups excluding carboxylic acids is 1. The zero-order valence-corrected chi connectivity index (χ0v) is 16.3. The van der Waals surface area contributed by atoms with Crippen LogP contribution in [-0.4, -0.2) is 17.1 Å². The Balaban J connectivity index is 1.79. The summed E-state index contributed by atoms with van der Waals surface area (Å²) >= 11 is 6.06. The number of rotatable bonds is 5. The molecule has 0 radical (unpaired) electrons. The van der Waals surface area contributed by atoms with Gasteiger partial charge < -0.3 is 9.30 Å². The van der Waals surface area contributed by atoms with E-state index < -0.39 is 0 Å². The molecule has 0 amide bonds. The van der Waals surface area contributed by atoms with Crippen molar-refractivity contribution in [2.75, 3.05) is 6.61 Å². The van der Waals surface area contributed by atoms with Gasteiger partial charge in [-0.15, -0.1) is 0 Å². The number of hydrogen-bond acceptors (Lipinski definition) is 2. The summed E-state index contributed by atoms with van der Waals surface area (Å²) in [7, 11) is 0. The van der Waals surface area contributed by atoms with Crippen LogP contribution in [0.1, 0.15) is 48.9 Å². The Morgan fingerprint density at radius 1 is 1.19 bits per heavy atom. The minimum absolute atomic E-state index is 0.0985. The second kappa shape index (κ2) is 7.77. The number of hydrogen-bond donors (Lipinski definition) is 0. The molecule has 1 unspecified atom stereocenters. The monoisotopic (exact) mass is 381 g/mol. The van der Waals surface area contributed by atoms with Gasteiger partial charge >= 0.3 is 5.97 Å². The van der Waals surface area contributed by atoms with E-state index in [0.29, 0.717) is 13.0 Å². The van der Waals surface area contributed by atoms with Crippen LogP contribution in [0.2, 0.25) is 5.02 Å². The molecule has 2 heterocycles. The standard InChI is InChI=1S/C23H24ClNO2/c1-2-27-22(26)15-17-6-5-13-25-21-8-4-3-7-19(21)20(23(17)25)14-16-9-11-18(24)12-10-16/h3-4,7-12,17H,2,5-6,13-15H2,1H3. The van der Waals surface area contributed by atoms with Crippen LogP contribution < -0.4 is 0 Å². The van der Waals surface area contributed by atoms with E-state index in [0.717, 1.165) is 30.8 Å². The Labute approximate surface area is 164 Å². The van der Waals surface area contributed by atoms with Crippen LogP contribution in [0, 0.1) is 0 Å². The van der Waals surface area contributed by atoms with E-state index in [1.165, 1.54) is 27.7 Å². The second-order valence-electron chi connectivity index (χ2n) is 7.18. The van der Waals surface area contributed by atoms with Gasteiger partial charge in [-0.05, 0) is 55.5 Å². The molecule has 2 aromatic carbocycles. The van der Waals surface area contributed by atoms with Crippen LogP contribution in [0.15, 0.2) is 48.5 Å². The largest absolute Gasteiger partial charge is 0.466 e. The molecule has 0 bridgehead atoms. The lowest BCUT2D eigenvalue weighted by molar-refractivity contribution is -0.143. The van der Waals surface area contributed by atoms with Crippen molar-refractivity contribution < 1.29 is 9.53 Å². The van der Waals surface area contributed by atoms with Crippen LogP contribution in [0.3, 0.4) is 0 Å². The first-order valence-electron chi connectivity index (χ1n) is 9.67. The van der Waals surface area contributed by atoms with Crippen molar-refractivity contribution in [1.29, 1.82) is 0 Å². The van der Waals surface area contributed by atoms with Gasteiger partial charge in [-0.2, -0.15) is 0 Å². The Morgan fingerprint density at radius 3 is 2.74 bits per heavy atom. The first kappa shape index (κ1) is 18.1. The average molecular weight is 382 g/mol. The minimum Gasteiger partial charge on any atom is -0.466 e. The summed E-state index contributed by atoms with van der Waals surface area (Å²) in [6.07, 6.45) is 3.43. The molecule has 0 fully saturated rings. The van der Waals surface area contributed by atoms with Crippen molar-refractivity contribution in [1.82, 2.24) is 4.57 Å². The van der Waals surface area contributed by atoms with Crippen LogP contribution in [0.25, 0.3) is 10.9 Å². The van der Waals surface area contributed by atoms with Gasteiger partial charge in [0.2, 0.25) is 0 Å². The van der Waals surface area contributed by atoms with Gasteiger partial charge in [-0.25, -0.2) is 0 Å². The zero-order chi connectivity index (χ0) is 18.8. The Kier molecular flexibility index (Phi) is 5.22. The summed E-state index contributed by atoms with van der Waals surface area (Å²) in [5.74, 6) is 0.117. The fraction of sp³-hybridized carbons (Fsp3) is 0.348. The molecular weight excluding hydrogens is 358 g/mol. The van der Waals surface area contributed by atoms with Crippen molar-refractivity contribution in [2.24, 2.45) is 0 Å². The molecule has 140 valence electrons. The molecule has 1 atom stereocenters. The minimum atomic E-state index is -0.0985. The molecule has 0 aliphatic carbocycles. The summed E-state index contributed by atoms with van der Waals surface area (Å²) in [6, 6.07) is 16.6. The van der Waals surface area contributed by atoms with E-state index in [2.05, 4.69) is 41.0 Å². The predicted molar refractivity (Wildman–Crippen MR) is 109 cm³/mol. The summed E-state index contributed by atoms with van der Waals surface area (Å²) in [5.41, 5.74) is 5.15. The van der Waals surface area contributed by atoms with Gasteiger partial charge in [-0.3, -0.25) is 4.79 Å². The number of aryl methyl sites for hydroxylation is 1. The Bertz CT molecular complexity index is 958. The molecule has 0 saturated carbocycles. The maximum absolute atomic E-state index is 12.2. The van der Waals surface area contributed by atoms with Crippen LogP contribution in [-0.2, 0) is 22.5 Å². The Morgan fingerprint density at radius 2 is 1.96 bits per heavy atom. The fourth-order valence-electron chi connectivity index (χ4n) is 4.35. The van der Waals surface area contributed by atoms with E-state index in [9.17, 15) is 4.79 Å². The van der Waals surface area contributed by atoms with Crippen LogP contribution >= 0.6 is 11.6 Å². The summed E-state index contributed by atoms with van der Waals surface area (Å²) in [5, 5.41) is 2.04. The molecule has 1 aliphatic rings. The van der Waals surface area contributed by atoms with Crippen molar-refractivity contribution in [3.05, 3.63) is 70.4 Å². The lowest BCUT2D eigenvalue weighted by Crippen LogP contribution is -2.20. The van der Waals surface area contributed by atoms with Gasteiger partial charge in [0, 0.05) is 34.1 Å². The zero-order valence-electron chi connectivity index (χ0n) is 15.6. The third-order valence-electron chi connectivity index (χ3n) is 5.45. The molecule has 0 spiro atoms. The van der Waals surface area contributed by atoms with Gasteiger partial charge in [0.25, 0.3) is 0 Å². The number of aromatic nitrogens is 1. The maximum atomic E-state index is 12.2. The number of benzene rings is 2. The number of ether oxygens (including phenoxy) is 1. The van der Waals surface area contributed by atoms with Crippen LogP contribution in [0.4, 0.5) is 0 Å². The van der Waals surface area contributed by atoms with E-state index in [-0.39, 0.29) is 11.9 Å². The molecule has 1 aliphatic heterocycles. The molecule has 4 rings (SSSR count). The highest BCUT2D eigenvalue weighted by Crippen LogP contribution is 2.40. The first-order chi connectivity index (χ1) is 13.2. The molecular formula is C23H24ClNO2. The SMILES string of the molecule is CCOC(=O)CC1CCCn2c1c(Cc1ccc(Cl)cc1)c1ccccc12. The maximum Gasteiger partial charge on any atom is 0.306 e. The van der Waals surface area contributed by atoms with Gasteiger partial charge in [0.05, 0.1) is 13.0 Å². The number of nitrogens with zero attached hydrogens (tertiary/aromatic N) is 1. The van der Waals surface area contributed by atoms with Gasteiger partial charge in [0.15, 0.2) is 0 Å². The molecule has 1 aromatic heterocycles. The third-order valence-corrected chi connectivity index (χ3v) is 5.71. The van der Waals surface area contributed by atoms with Gasteiger partial charge in [0.1, 0.15) is 0 Å². The molecule has 3 aromatic rings. The topological polar surface area (TPSA) is 31.2 Å². The summed E-state index contributed by atoms with van der Waals surface area (Å²) in [6.45, 7) is 3.31. The fourth-order valence-corrected chi connectivity index (χ4v) is 4.47. The van der Waals surface area contributed by atoms with Gasteiger partial charge in [-0.1, -0.05) is 41.9 Å². The van der Waals surface area contributed by atoms with Crippen molar-refractivity contribution in [3.63, 3.8) is 0 Å². The lowest BCUT2D eigenvalue weighted by atomic mass is 9.88. The van der Waals surface area contributed by atoms with Crippen molar-refractivity contribution in [3.8, 4) is 0 Å². The molecule has 4 heteroatoms. The number of esters is 1. The van der Waals surface area contributed by atoms with E-state index >= 15 is 0 Å². The Hall–Kier alpha value is -2.26. The highest BCUT2D eigenvalue weighted by molar-refractivity contribution is 6.30. The summed E-state index contributed by atoms with van der Waals surface area (Å²) in [4.78, 5) is 12.2. The number of para-hydroxylation sites is 1. The molecule has 0 N–H and O–H groups in total. The summed E-state index contributed by atoms with van der Waals surface area (Å²) < 4.78 is 7.67. The molecule has 0 saturated heterocycles. The lowest BCUT2D eigenvalue weighted by Gasteiger charge is -2.26. The molecule has 27 heavy (non-hydrogen) atoms. The van der Waals surface area contributed by atoms with Crippen LogP contribution in [0.5, 0.6) is 0 Å². The highest BCUT2D eigenvalue weighted by atomic mass is 35.5. The van der Waals surface area contributed by atoms with E-state index in [1.54, 1.807) is 0 Å². The highest BCUT2D eigenvalue weighted by Gasteiger charge is 2.29. The average Bonchev–Trinajstić information content (AvgIpc) is 2.99. The number of carbonyl (C=O) groups is 1. The number of fused-ring (bicyclic) bond motifs is 3. The molecule has 3 nitrogen and oxygen atoms in total. The van der Waals surface area contributed by atoms with E-state index in [4.69, 9.17) is 16.3 Å². The smallest absolute Gasteiger partial charge is 0.306 e. The predicted octanol–water partition coefficient (Wildman–Crippen LogP) is 5.72.